The van der Waals surface area contributed by atoms with E-state index in [9.17, 15) is 14.6 Å². The van der Waals surface area contributed by atoms with E-state index in [1.54, 1.807) is 17.7 Å². The molecule has 0 unspecified atom stereocenters. The van der Waals surface area contributed by atoms with E-state index < -0.39 is 18.0 Å². The van der Waals surface area contributed by atoms with E-state index in [2.05, 4.69) is 5.32 Å². The fourth-order valence-electron chi connectivity index (χ4n) is 2.81. The highest BCUT2D eigenvalue weighted by Gasteiger charge is 2.32. The maximum absolute atomic E-state index is 14.6. The number of ether oxygens (including phenoxy) is 1. The van der Waals surface area contributed by atoms with Crippen molar-refractivity contribution in [2.45, 2.75) is 6.10 Å². The molecule has 1 amide bonds. The van der Waals surface area contributed by atoms with Crippen LogP contribution in [0.2, 0.25) is 0 Å². The summed E-state index contributed by atoms with van der Waals surface area (Å²) in [4.78, 5) is 14.4. The lowest BCUT2D eigenvalue weighted by Gasteiger charge is -2.29. The van der Waals surface area contributed by atoms with Gasteiger partial charge in [-0.3, -0.25) is 15.2 Å². The summed E-state index contributed by atoms with van der Waals surface area (Å²) in [6.45, 7) is 1.29. The van der Waals surface area contributed by atoms with E-state index >= 15 is 0 Å². The van der Waals surface area contributed by atoms with Gasteiger partial charge in [0.2, 0.25) is 0 Å². The third-order valence-electron chi connectivity index (χ3n) is 4.53. The molecule has 1 atom stereocenters. The lowest BCUT2D eigenvalue weighted by molar-refractivity contribution is -0.501. The van der Waals surface area contributed by atoms with Gasteiger partial charge >= 0.3 is 6.09 Å². The first-order chi connectivity index (χ1) is 13.9. The SMILES string of the molecule is C[N+](CCO)=C(N)CNCCN(C=[N-])c1ccc(N2C[C@H](CO)OC2=O)cc1F. The fourth-order valence-corrected chi connectivity index (χ4v) is 2.81. The van der Waals surface area contributed by atoms with Gasteiger partial charge in [0, 0.05) is 0 Å². The Hall–Kier alpha value is -2.76. The second kappa shape index (κ2) is 10.7. The number of nitrogens with one attached hydrogen (secondary N) is 1. The van der Waals surface area contributed by atoms with Gasteiger partial charge in [-0.25, -0.2) is 9.18 Å². The van der Waals surface area contributed by atoms with Crippen LogP contribution in [0.25, 0.3) is 5.41 Å². The molecule has 0 radical (unpaired) electrons. The minimum Gasteiger partial charge on any atom is -0.472 e. The van der Waals surface area contributed by atoms with Crippen molar-refractivity contribution >= 4 is 29.6 Å². The molecule has 0 aliphatic carbocycles. The standard InChI is InChI=1S/C18H26FN6O4/c1-23(6-7-26)17(21)9-22-4-5-24(12-20)16-3-2-13(8-15(16)19)25-10-14(11-27)29-18(25)28/h2-3,8,12,14,21-22,26-27H,4-7,9-11H2,1H3/q-1/p+1/t14-/m1/s1. The summed E-state index contributed by atoms with van der Waals surface area (Å²) in [6, 6.07) is 4.17. The summed E-state index contributed by atoms with van der Waals surface area (Å²) in [5, 5.41) is 30.6. The van der Waals surface area contributed by atoms with Crippen LogP contribution in [0.1, 0.15) is 0 Å². The molecule has 2 rings (SSSR count). The molecule has 29 heavy (non-hydrogen) atoms. The summed E-state index contributed by atoms with van der Waals surface area (Å²) in [5.41, 5.74) is 6.32. The van der Waals surface area contributed by atoms with Crippen molar-refractivity contribution in [3.8, 4) is 0 Å². The van der Waals surface area contributed by atoms with Gasteiger partial charge in [-0.2, -0.15) is 0 Å². The van der Waals surface area contributed by atoms with Crippen molar-refractivity contribution in [2.24, 2.45) is 5.73 Å². The number of rotatable bonds is 11. The quantitative estimate of drug-likeness (QED) is 0.161. The monoisotopic (exact) mass is 410 g/mol. The van der Waals surface area contributed by atoms with Gasteiger partial charge in [0.1, 0.15) is 18.5 Å². The lowest BCUT2D eigenvalue weighted by Crippen LogP contribution is -2.40. The number of hydrogen-bond acceptors (Lipinski definition) is 5. The molecule has 11 heteroatoms. The molecular weight excluding hydrogens is 383 g/mol. The largest absolute Gasteiger partial charge is 0.472 e. The number of likely N-dealkylation sites (N-methyl/N-ethyl adjacent to an activating group) is 1. The van der Waals surface area contributed by atoms with Crippen LogP contribution in [-0.4, -0.2) is 92.1 Å². The molecule has 160 valence electrons. The van der Waals surface area contributed by atoms with Crippen molar-refractivity contribution < 1.29 is 28.7 Å². The van der Waals surface area contributed by atoms with E-state index in [0.29, 0.717) is 31.2 Å². The number of aliphatic hydroxyl groups is 2. The number of aliphatic hydroxyl groups excluding tert-OH is 2. The predicted molar refractivity (Wildman–Crippen MR) is 108 cm³/mol. The molecule has 0 aromatic heterocycles. The molecule has 1 aromatic rings. The Kier molecular flexibility index (Phi) is 8.31. The lowest BCUT2D eigenvalue weighted by atomic mass is 10.2. The van der Waals surface area contributed by atoms with Gasteiger partial charge in [-0.1, -0.05) is 6.07 Å². The van der Waals surface area contributed by atoms with E-state index in [1.165, 1.54) is 21.9 Å². The number of nitrogens with two attached hydrogens (primary N) is 1. The molecule has 1 aliphatic heterocycles. The van der Waals surface area contributed by atoms with Crippen LogP contribution in [0, 0.1) is 5.82 Å². The Morgan fingerprint density at radius 2 is 2.31 bits per heavy atom. The maximum Gasteiger partial charge on any atom is 0.414 e. The summed E-state index contributed by atoms with van der Waals surface area (Å²) >= 11 is 0. The number of hydrogen-bond donors (Lipinski definition) is 4. The number of carbonyl (C=O) groups is 1. The average Bonchev–Trinajstić information content (AvgIpc) is 3.09. The number of halogens is 1. The first-order valence-electron chi connectivity index (χ1n) is 9.18. The van der Waals surface area contributed by atoms with Crippen LogP contribution < -0.4 is 20.9 Å². The molecule has 1 fully saturated rings. The second-order valence-electron chi connectivity index (χ2n) is 6.56. The summed E-state index contributed by atoms with van der Waals surface area (Å²) in [5.74, 6) is -0.0744. The second-order valence-corrected chi connectivity index (χ2v) is 6.56. The number of carbonyl (C=O) groups excluding carboxylic acids is 1. The minimum absolute atomic E-state index is 0.00444. The number of cyclic esters (lactones) is 1. The zero-order valence-electron chi connectivity index (χ0n) is 16.3. The molecule has 0 saturated carbocycles. The van der Waals surface area contributed by atoms with Crippen LogP contribution in [0.4, 0.5) is 20.6 Å². The van der Waals surface area contributed by atoms with E-state index in [1.807, 2.05) is 0 Å². The smallest absolute Gasteiger partial charge is 0.414 e. The van der Waals surface area contributed by atoms with Crippen molar-refractivity contribution in [1.29, 1.82) is 0 Å². The molecule has 1 aliphatic rings. The normalized spacial score (nSPS) is 17.2. The minimum atomic E-state index is -0.647. The van der Waals surface area contributed by atoms with E-state index in [4.69, 9.17) is 20.7 Å². The highest BCUT2D eigenvalue weighted by atomic mass is 19.1. The van der Waals surface area contributed by atoms with Crippen LogP contribution in [0.3, 0.4) is 0 Å². The summed E-state index contributed by atoms with van der Waals surface area (Å²) < 4.78 is 21.3. The Labute approximate surface area is 168 Å². The Bertz CT molecular complexity index is 760. The van der Waals surface area contributed by atoms with Crippen molar-refractivity contribution in [1.82, 2.24) is 5.32 Å². The topological polar surface area (TPSA) is 137 Å². The third-order valence-corrected chi connectivity index (χ3v) is 4.53. The third kappa shape index (κ3) is 5.86. The molecule has 0 spiro atoms. The molecule has 1 aromatic carbocycles. The number of anilines is 2. The van der Waals surface area contributed by atoms with Crippen molar-refractivity contribution in [3.05, 3.63) is 29.4 Å². The highest BCUT2D eigenvalue weighted by Crippen LogP contribution is 2.27. The molecule has 10 nitrogen and oxygen atoms in total. The van der Waals surface area contributed by atoms with Gasteiger partial charge in [-0.05, 0) is 30.9 Å². The highest BCUT2D eigenvalue weighted by molar-refractivity contribution is 5.90. The van der Waals surface area contributed by atoms with Crippen LogP contribution >= 0.6 is 0 Å². The maximum atomic E-state index is 14.6. The number of amidine groups is 1. The fraction of sp³-hybridized carbons (Fsp3) is 0.500. The zero-order chi connectivity index (χ0) is 21.4. The van der Waals surface area contributed by atoms with Gasteiger partial charge in [0.25, 0.3) is 5.84 Å². The van der Waals surface area contributed by atoms with E-state index in [-0.39, 0.29) is 32.0 Å². The summed E-state index contributed by atoms with van der Waals surface area (Å²) in [6.07, 6.45) is -0.512. The molecule has 1 heterocycles. The molecular formula is C18H27FN6O4. The van der Waals surface area contributed by atoms with Gasteiger partial charge in [0.15, 0.2) is 0 Å². The van der Waals surface area contributed by atoms with Crippen molar-refractivity contribution in [2.75, 3.05) is 62.8 Å². The van der Waals surface area contributed by atoms with Gasteiger partial charge in [0.05, 0.1) is 39.0 Å². The Morgan fingerprint density at radius 1 is 1.55 bits per heavy atom. The number of benzene rings is 1. The van der Waals surface area contributed by atoms with Crippen LogP contribution in [0.15, 0.2) is 18.2 Å². The Morgan fingerprint density at radius 3 is 2.90 bits per heavy atom. The summed E-state index contributed by atoms with van der Waals surface area (Å²) in [7, 11) is 1.76. The average molecular weight is 410 g/mol. The Balaban J connectivity index is 1.97. The van der Waals surface area contributed by atoms with Crippen molar-refractivity contribution in [3.63, 3.8) is 0 Å². The predicted octanol–water partition coefficient (Wildman–Crippen LogP) is -0.871. The first-order valence-corrected chi connectivity index (χ1v) is 9.18. The van der Waals surface area contributed by atoms with E-state index in [0.717, 1.165) is 6.34 Å². The molecule has 5 N–H and O–H groups in total. The number of amides is 1. The zero-order valence-corrected chi connectivity index (χ0v) is 16.3. The van der Waals surface area contributed by atoms with Crippen LogP contribution in [0.5, 0.6) is 0 Å². The molecule has 0 bridgehead atoms. The van der Waals surface area contributed by atoms with Gasteiger partial charge in [-0.15, -0.1) is 6.34 Å². The number of nitrogens with zero attached hydrogens (tertiary/aromatic N) is 4. The molecule has 1 saturated heterocycles. The van der Waals surface area contributed by atoms with Crippen LogP contribution in [-0.2, 0) is 4.74 Å². The van der Waals surface area contributed by atoms with Gasteiger partial charge < -0.3 is 30.6 Å². The first kappa shape index (κ1) is 22.5.